The molecule has 11 heteroatoms. The Morgan fingerprint density at radius 1 is 1.11 bits per heavy atom. The predicted molar refractivity (Wildman–Crippen MR) is 135 cm³/mol. The van der Waals surface area contributed by atoms with Crippen LogP contribution < -0.4 is 21.0 Å². The summed E-state index contributed by atoms with van der Waals surface area (Å²) < 4.78 is 10.6. The van der Waals surface area contributed by atoms with Crippen molar-refractivity contribution in [2.75, 3.05) is 12.4 Å². The number of nitrogens with one attached hydrogen (secondary N) is 2. The lowest BCUT2D eigenvalue weighted by Crippen LogP contribution is -2.38. The molecule has 4 aromatic rings. The van der Waals surface area contributed by atoms with Crippen LogP contribution in [0, 0.1) is 0 Å². The van der Waals surface area contributed by atoms with Gasteiger partial charge in [-0.25, -0.2) is 4.79 Å². The van der Waals surface area contributed by atoms with E-state index in [0.29, 0.717) is 22.4 Å². The Kier molecular flexibility index (Phi) is 6.93. The molecule has 2 heterocycles. The van der Waals surface area contributed by atoms with E-state index in [-0.39, 0.29) is 35.5 Å². The number of anilines is 1. The fourth-order valence-electron chi connectivity index (χ4n) is 4.48. The number of para-hydroxylation sites is 2. The molecule has 2 aromatic heterocycles. The number of hydrogen-bond acceptors (Lipinski definition) is 8. The van der Waals surface area contributed by atoms with Gasteiger partial charge in [0.05, 0.1) is 12.8 Å². The number of carbonyl (C=O) groups is 2. The molecule has 11 nitrogen and oxygen atoms in total. The van der Waals surface area contributed by atoms with E-state index in [4.69, 9.17) is 9.15 Å². The Hall–Kier alpha value is -4.54. The van der Waals surface area contributed by atoms with Gasteiger partial charge in [-0.3, -0.25) is 9.59 Å². The van der Waals surface area contributed by atoms with Crippen molar-refractivity contribution in [1.82, 2.24) is 25.5 Å². The zero-order chi connectivity index (χ0) is 25.8. The first-order valence-electron chi connectivity index (χ1n) is 12.1. The van der Waals surface area contributed by atoms with Gasteiger partial charge >= 0.3 is 5.63 Å². The molecular formula is C26H26N6O5. The van der Waals surface area contributed by atoms with Gasteiger partial charge in [-0.1, -0.05) is 43.5 Å². The van der Waals surface area contributed by atoms with Crippen molar-refractivity contribution in [3.8, 4) is 17.1 Å². The van der Waals surface area contributed by atoms with Crippen molar-refractivity contribution in [1.29, 1.82) is 0 Å². The second-order valence-electron chi connectivity index (χ2n) is 8.87. The average molecular weight is 503 g/mol. The molecule has 0 saturated heterocycles. The van der Waals surface area contributed by atoms with Crippen LogP contribution in [0.4, 0.5) is 5.69 Å². The smallest absolute Gasteiger partial charge is 0.349 e. The molecule has 2 aromatic carbocycles. The van der Waals surface area contributed by atoms with E-state index in [2.05, 4.69) is 26.0 Å². The molecule has 1 aliphatic rings. The molecule has 1 aliphatic carbocycles. The highest BCUT2D eigenvalue weighted by atomic mass is 16.5. The Labute approximate surface area is 211 Å². The maximum atomic E-state index is 13.0. The van der Waals surface area contributed by atoms with Gasteiger partial charge in [0, 0.05) is 17.0 Å². The normalized spacial score (nSPS) is 13.9. The number of fused-ring (bicyclic) bond motifs is 1. The number of ether oxygens (including phenoxy) is 1. The van der Waals surface area contributed by atoms with Crippen LogP contribution in [0.3, 0.4) is 0 Å². The third-order valence-corrected chi connectivity index (χ3v) is 6.31. The molecule has 2 amide bonds. The molecule has 2 N–H and O–H groups in total. The monoisotopic (exact) mass is 502 g/mol. The first-order valence-corrected chi connectivity index (χ1v) is 12.1. The molecule has 0 bridgehead atoms. The summed E-state index contributed by atoms with van der Waals surface area (Å²) in [6.45, 7) is -0.0559. The number of nitrogens with zero attached hydrogens (tertiary/aromatic N) is 4. The van der Waals surface area contributed by atoms with E-state index >= 15 is 0 Å². The summed E-state index contributed by atoms with van der Waals surface area (Å²) in [6.07, 6.45) is 5.41. The summed E-state index contributed by atoms with van der Waals surface area (Å²) in [7, 11) is 1.47. The van der Waals surface area contributed by atoms with Crippen LogP contribution in [-0.2, 0) is 11.3 Å². The fourth-order valence-corrected chi connectivity index (χ4v) is 4.48. The topological polar surface area (TPSA) is 141 Å². The van der Waals surface area contributed by atoms with Crippen LogP contribution in [0.25, 0.3) is 22.4 Å². The summed E-state index contributed by atoms with van der Waals surface area (Å²) in [4.78, 5) is 39.3. The first-order chi connectivity index (χ1) is 18.0. The number of benzene rings is 2. The van der Waals surface area contributed by atoms with E-state index in [1.165, 1.54) is 24.4 Å². The third-order valence-electron chi connectivity index (χ3n) is 6.31. The number of aromatic nitrogens is 4. The number of amides is 2. The Balaban J connectivity index is 1.33. The Morgan fingerprint density at radius 3 is 2.73 bits per heavy atom. The van der Waals surface area contributed by atoms with Crippen molar-refractivity contribution < 1.29 is 18.7 Å². The lowest BCUT2D eigenvalue weighted by molar-refractivity contribution is -0.123. The zero-order valence-electron chi connectivity index (χ0n) is 20.3. The minimum Gasteiger partial charge on any atom is -0.493 e. The van der Waals surface area contributed by atoms with Crippen LogP contribution in [0.1, 0.15) is 42.5 Å². The molecule has 0 aliphatic heterocycles. The van der Waals surface area contributed by atoms with Gasteiger partial charge in [-0.15, -0.1) is 10.2 Å². The van der Waals surface area contributed by atoms with Crippen molar-refractivity contribution in [3.63, 3.8) is 0 Å². The highest BCUT2D eigenvalue weighted by molar-refractivity contribution is 6.07. The van der Waals surface area contributed by atoms with E-state index in [1.54, 1.807) is 42.5 Å². The van der Waals surface area contributed by atoms with E-state index in [1.807, 2.05) is 0 Å². The van der Waals surface area contributed by atoms with Gasteiger partial charge < -0.3 is 19.8 Å². The van der Waals surface area contributed by atoms with Crippen LogP contribution in [0.15, 0.2) is 57.7 Å². The Bertz CT molecular complexity index is 1500. The van der Waals surface area contributed by atoms with Gasteiger partial charge in [0.2, 0.25) is 11.7 Å². The molecule has 190 valence electrons. The second kappa shape index (κ2) is 10.6. The molecule has 0 spiro atoms. The summed E-state index contributed by atoms with van der Waals surface area (Å²) in [5, 5.41) is 18.7. The molecule has 1 fully saturated rings. The minimum atomic E-state index is -0.792. The number of tetrazole rings is 1. The number of carbonyl (C=O) groups excluding carboxylic acids is 2. The molecule has 0 unspecified atom stereocenters. The lowest BCUT2D eigenvalue weighted by atomic mass is 9.95. The first kappa shape index (κ1) is 24.2. The summed E-state index contributed by atoms with van der Waals surface area (Å²) in [5.41, 5.74) is 0.178. The fraction of sp³-hybridized carbons (Fsp3) is 0.308. The maximum absolute atomic E-state index is 13.0. The van der Waals surface area contributed by atoms with E-state index in [9.17, 15) is 14.4 Å². The number of hydrogen-bond donors (Lipinski definition) is 2. The van der Waals surface area contributed by atoms with Crippen LogP contribution in [-0.4, -0.2) is 45.2 Å². The van der Waals surface area contributed by atoms with Gasteiger partial charge in [0.15, 0.2) is 11.3 Å². The average Bonchev–Trinajstić information content (AvgIpc) is 3.36. The van der Waals surface area contributed by atoms with Crippen molar-refractivity contribution >= 4 is 28.5 Å². The molecule has 0 atom stereocenters. The molecule has 1 saturated carbocycles. The quantitative estimate of drug-likeness (QED) is 0.367. The predicted octanol–water partition coefficient (Wildman–Crippen LogP) is 3.16. The maximum Gasteiger partial charge on any atom is 0.349 e. The lowest BCUT2D eigenvalue weighted by Gasteiger charge is -2.22. The van der Waals surface area contributed by atoms with Gasteiger partial charge in [-0.2, -0.15) is 4.80 Å². The standard InChI is InChI=1S/C26H26N6O5/c1-36-21-13-7-8-16-14-19(26(35)37-23(16)21)25(34)28-20-12-6-5-11-18(20)24-29-31-32(30-24)15-22(33)27-17-9-3-2-4-10-17/h5-8,11-14,17H,2-4,9-10,15H2,1H3,(H,27,33)(H,28,34). The van der Waals surface area contributed by atoms with Gasteiger partial charge in [0.1, 0.15) is 12.1 Å². The van der Waals surface area contributed by atoms with Crippen molar-refractivity contribution in [2.24, 2.45) is 0 Å². The van der Waals surface area contributed by atoms with Gasteiger partial charge in [-0.05, 0) is 42.3 Å². The molecule has 5 rings (SSSR count). The van der Waals surface area contributed by atoms with Crippen molar-refractivity contribution in [3.05, 3.63) is 64.5 Å². The van der Waals surface area contributed by atoms with Crippen LogP contribution >= 0.6 is 0 Å². The van der Waals surface area contributed by atoms with Crippen molar-refractivity contribution in [2.45, 2.75) is 44.7 Å². The SMILES string of the molecule is COc1cccc2cc(C(=O)Nc3ccccc3-c3nnn(CC(=O)NC4CCCCC4)n3)c(=O)oc12. The van der Waals surface area contributed by atoms with E-state index in [0.717, 1.165) is 25.7 Å². The van der Waals surface area contributed by atoms with Crippen LogP contribution in [0.5, 0.6) is 5.75 Å². The summed E-state index contributed by atoms with van der Waals surface area (Å²) in [6, 6.07) is 13.6. The minimum absolute atomic E-state index is 0.0559. The van der Waals surface area contributed by atoms with Gasteiger partial charge in [0.25, 0.3) is 5.91 Å². The molecular weight excluding hydrogens is 476 g/mol. The highest BCUT2D eigenvalue weighted by Crippen LogP contribution is 2.27. The zero-order valence-corrected chi connectivity index (χ0v) is 20.3. The number of methoxy groups -OCH3 is 1. The summed E-state index contributed by atoms with van der Waals surface area (Å²) >= 11 is 0. The molecule has 37 heavy (non-hydrogen) atoms. The highest BCUT2D eigenvalue weighted by Gasteiger charge is 2.20. The Morgan fingerprint density at radius 2 is 1.92 bits per heavy atom. The second-order valence-corrected chi connectivity index (χ2v) is 8.87. The third kappa shape index (κ3) is 5.35. The molecule has 0 radical (unpaired) electrons. The van der Waals surface area contributed by atoms with Crippen LogP contribution in [0.2, 0.25) is 0 Å². The van der Waals surface area contributed by atoms with E-state index < -0.39 is 11.5 Å². The summed E-state index contributed by atoms with van der Waals surface area (Å²) in [5.74, 6) is -0.188. The largest absolute Gasteiger partial charge is 0.493 e. The number of rotatable bonds is 7.